The van der Waals surface area contributed by atoms with Crippen molar-refractivity contribution in [1.82, 2.24) is 9.97 Å². The average molecular weight is 463 g/mol. The lowest BCUT2D eigenvalue weighted by molar-refractivity contribution is 0.102. The van der Waals surface area contributed by atoms with Crippen LogP contribution in [-0.2, 0) is 16.4 Å². The van der Waals surface area contributed by atoms with Crippen molar-refractivity contribution in [2.75, 3.05) is 16.2 Å². The number of para-hydroxylation sites is 1. The van der Waals surface area contributed by atoms with Crippen molar-refractivity contribution in [2.24, 2.45) is 0 Å². The summed E-state index contributed by atoms with van der Waals surface area (Å²) in [6.07, 6.45) is 2.34. The maximum Gasteiger partial charge on any atom is 0.264 e. The molecule has 1 amide bonds. The fraction of sp³-hybridized carbons (Fsp3) is 0.0870. The van der Waals surface area contributed by atoms with Gasteiger partial charge in [0.05, 0.1) is 16.3 Å². The number of hydrogen-bond donors (Lipinski definition) is 1. The summed E-state index contributed by atoms with van der Waals surface area (Å²) in [5.41, 5.74) is 3.30. The van der Waals surface area contributed by atoms with Gasteiger partial charge in [0.2, 0.25) is 0 Å². The van der Waals surface area contributed by atoms with Gasteiger partial charge in [0.25, 0.3) is 15.9 Å². The zero-order valence-electron chi connectivity index (χ0n) is 16.8. The van der Waals surface area contributed by atoms with Crippen LogP contribution < -0.4 is 9.62 Å². The van der Waals surface area contributed by atoms with Crippen LogP contribution in [0.5, 0.6) is 0 Å². The van der Waals surface area contributed by atoms with Gasteiger partial charge in [-0.3, -0.25) is 19.4 Å². The summed E-state index contributed by atoms with van der Waals surface area (Å²) in [5, 5.41) is 4.97. The normalized spacial score (nSPS) is 13.1. The van der Waals surface area contributed by atoms with Crippen molar-refractivity contribution >= 4 is 38.1 Å². The van der Waals surface area contributed by atoms with E-state index in [1.165, 1.54) is 27.8 Å². The fourth-order valence-electron chi connectivity index (χ4n) is 3.62. The highest BCUT2D eigenvalue weighted by Gasteiger charge is 2.31. The Morgan fingerprint density at radius 2 is 1.84 bits per heavy atom. The summed E-state index contributed by atoms with van der Waals surface area (Å²) in [5.74, 6) is -0.425. The van der Waals surface area contributed by atoms with Crippen LogP contribution in [0.2, 0.25) is 0 Å². The van der Waals surface area contributed by atoms with Crippen LogP contribution in [-0.4, -0.2) is 30.8 Å². The molecular formula is C23H18N4O3S2. The van der Waals surface area contributed by atoms with Crippen LogP contribution in [0.4, 0.5) is 10.8 Å². The standard InChI is InChI=1S/C23H18N4O3S2/c28-22(26-23-25-20(15-31-23)19-9-3-4-12-24-19)17-7-5-8-18(14-17)32(29,30)27-13-11-16-6-1-2-10-21(16)27/h1-10,12,14-15H,11,13H2,(H,25,26,28). The lowest BCUT2D eigenvalue weighted by atomic mass is 10.2. The summed E-state index contributed by atoms with van der Waals surface area (Å²) in [7, 11) is -3.78. The third-order valence-corrected chi connectivity index (χ3v) is 7.75. The fourth-order valence-corrected chi connectivity index (χ4v) is 5.86. The summed E-state index contributed by atoms with van der Waals surface area (Å²) < 4.78 is 27.9. The minimum Gasteiger partial charge on any atom is -0.298 e. The highest BCUT2D eigenvalue weighted by molar-refractivity contribution is 7.92. The molecule has 9 heteroatoms. The maximum atomic E-state index is 13.3. The predicted molar refractivity (Wildman–Crippen MR) is 124 cm³/mol. The van der Waals surface area contributed by atoms with Gasteiger partial charge in [0.1, 0.15) is 5.69 Å². The number of amides is 1. The van der Waals surface area contributed by atoms with E-state index in [4.69, 9.17) is 0 Å². The summed E-state index contributed by atoms with van der Waals surface area (Å²) in [6.45, 7) is 0.382. The Labute approximate surface area is 189 Å². The Morgan fingerprint density at radius 3 is 2.69 bits per heavy atom. The number of sulfonamides is 1. The first kappa shape index (κ1) is 20.3. The molecule has 7 nitrogen and oxygen atoms in total. The smallest absolute Gasteiger partial charge is 0.264 e. The number of benzene rings is 2. The Bertz CT molecular complexity index is 1400. The van der Waals surface area contributed by atoms with Gasteiger partial charge in [-0.2, -0.15) is 0 Å². The number of rotatable bonds is 5. The number of fused-ring (bicyclic) bond motifs is 1. The lowest BCUT2D eigenvalue weighted by Crippen LogP contribution is -2.29. The van der Waals surface area contributed by atoms with Crippen molar-refractivity contribution < 1.29 is 13.2 Å². The first-order valence-electron chi connectivity index (χ1n) is 9.91. The van der Waals surface area contributed by atoms with Gasteiger partial charge in [-0.1, -0.05) is 30.3 Å². The summed E-state index contributed by atoms with van der Waals surface area (Å²) in [4.78, 5) is 21.5. The topological polar surface area (TPSA) is 92.3 Å². The van der Waals surface area contributed by atoms with E-state index in [1.807, 2.05) is 41.8 Å². The number of carbonyl (C=O) groups excluding carboxylic acids is 1. The van der Waals surface area contributed by atoms with Gasteiger partial charge < -0.3 is 0 Å². The first-order chi connectivity index (χ1) is 15.5. The maximum absolute atomic E-state index is 13.3. The number of aromatic nitrogens is 2. The number of pyridine rings is 1. The van der Waals surface area contributed by atoms with E-state index >= 15 is 0 Å². The molecule has 0 saturated carbocycles. The molecule has 1 aliphatic rings. The van der Waals surface area contributed by atoms with Crippen LogP contribution >= 0.6 is 11.3 Å². The predicted octanol–water partition coefficient (Wildman–Crippen LogP) is 4.21. The van der Waals surface area contributed by atoms with Gasteiger partial charge in [-0.05, 0) is 48.4 Å². The number of thiazole rings is 1. The molecule has 3 heterocycles. The lowest BCUT2D eigenvalue weighted by Gasteiger charge is -2.19. The van der Waals surface area contributed by atoms with Crippen LogP contribution in [0.1, 0.15) is 15.9 Å². The molecule has 0 saturated heterocycles. The third kappa shape index (κ3) is 3.76. The molecule has 2 aromatic heterocycles. The van der Waals surface area contributed by atoms with E-state index < -0.39 is 15.9 Å². The summed E-state index contributed by atoms with van der Waals surface area (Å²) in [6, 6.07) is 19.1. The van der Waals surface area contributed by atoms with E-state index in [0.29, 0.717) is 35.2 Å². The average Bonchev–Trinajstić information content (AvgIpc) is 3.47. The largest absolute Gasteiger partial charge is 0.298 e. The van der Waals surface area contributed by atoms with E-state index in [1.54, 1.807) is 24.4 Å². The van der Waals surface area contributed by atoms with Crippen LogP contribution in [0.25, 0.3) is 11.4 Å². The second kappa shape index (κ2) is 8.18. The molecule has 0 fully saturated rings. The molecule has 0 bridgehead atoms. The van der Waals surface area contributed by atoms with E-state index in [0.717, 1.165) is 5.56 Å². The van der Waals surface area contributed by atoms with Gasteiger partial charge in [-0.15, -0.1) is 11.3 Å². The van der Waals surface area contributed by atoms with Crippen molar-refractivity contribution in [3.05, 3.63) is 89.4 Å². The minimum absolute atomic E-state index is 0.0789. The molecule has 4 aromatic rings. The molecular weight excluding hydrogens is 444 g/mol. The quantitative estimate of drug-likeness (QED) is 0.480. The molecule has 160 valence electrons. The molecule has 1 N–H and O–H groups in total. The third-order valence-electron chi connectivity index (χ3n) is 5.18. The SMILES string of the molecule is O=C(Nc1nc(-c2ccccn2)cs1)c1cccc(S(=O)(=O)N2CCc3ccccc32)c1. The van der Waals surface area contributed by atoms with Crippen LogP contribution in [0.15, 0.2) is 83.2 Å². The van der Waals surface area contributed by atoms with Crippen molar-refractivity contribution in [2.45, 2.75) is 11.3 Å². The molecule has 0 unspecified atom stereocenters. The summed E-state index contributed by atoms with van der Waals surface area (Å²) >= 11 is 1.28. The van der Waals surface area contributed by atoms with E-state index in [2.05, 4.69) is 15.3 Å². The highest BCUT2D eigenvalue weighted by atomic mass is 32.2. The number of nitrogens with zero attached hydrogens (tertiary/aromatic N) is 3. The van der Waals surface area contributed by atoms with Crippen LogP contribution in [0.3, 0.4) is 0 Å². The van der Waals surface area contributed by atoms with E-state index in [-0.39, 0.29) is 10.5 Å². The van der Waals surface area contributed by atoms with Gasteiger partial charge >= 0.3 is 0 Å². The molecule has 2 aromatic carbocycles. The van der Waals surface area contributed by atoms with Gasteiger partial charge in [0, 0.05) is 23.7 Å². The highest BCUT2D eigenvalue weighted by Crippen LogP contribution is 2.33. The van der Waals surface area contributed by atoms with Gasteiger partial charge in [-0.25, -0.2) is 13.4 Å². The molecule has 0 radical (unpaired) electrons. The molecule has 5 rings (SSSR count). The molecule has 1 aliphatic heterocycles. The number of nitrogens with one attached hydrogen (secondary N) is 1. The monoisotopic (exact) mass is 462 g/mol. The Morgan fingerprint density at radius 1 is 1.00 bits per heavy atom. The minimum atomic E-state index is -3.78. The molecule has 32 heavy (non-hydrogen) atoms. The van der Waals surface area contributed by atoms with Crippen molar-refractivity contribution in [1.29, 1.82) is 0 Å². The Balaban J connectivity index is 1.37. The molecule has 0 spiro atoms. The molecule has 0 aliphatic carbocycles. The number of hydrogen-bond acceptors (Lipinski definition) is 6. The second-order valence-electron chi connectivity index (χ2n) is 7.19. The molecule has 0 atom stereocenters. The number of anilines is 2. The van der Waals surface area contributed by atoms with Gasteiger partial charge in [0.15, 0.2) is 5.13 Å². The number of carbonyl (C=O) groups is 1. The van der Waals surface area contributed by atoms with Crippen molar-refractivity contribution in [3.63, 3.8) is 0 Å². The first-order valence-corrected chi connectivity index (χ1v) is 12.2. The zero-order valence-corrected chi connectivity index (χ0v) is 18.4. The Hall–Kier alpha value is -3.56. The van der Waals surface area contributed by atoms with Crippen LogP contribution in [0, 0.1) is 0 Å². The van der Waals surface area contributed by atoms with Crippen molar-refractivity contribution in [3.8, 4) is 11.4 Å². The second-order valence-corrected chi connectivity index (χ2v) is 9.91. The Kier molecular flexibility index (Phi) is 5.20. The zero-order chi connectivity index (χ0) is 22.1. The van der Waals surface area contributed by atoms with E-state index in [9.17, 15) is 13.2 Å².